The Morgan fingerprint density at radius 2 is 2.00 bits per heavy atom. The number of halogens is 2. The molecule has 1 saturated heterocycles. The molecule has 0 atom stereocenters. The number of benzene rings is 1. The zero-order valence-corrected chi connectivity index (χ0v) is 9.57. The Hall–Kier alpha value is -0.600. The van der Waals surface area contributed by atoms with E-state index < -0.39 is 0 Å². The maximum absolute atomic E-state index is 13.6. The first-order valence-electron chi connectivity index (χ1n) is 5.35. The molecule has 0 aliphatic carbocycles. The van der Waals surface area contributed by atoms with E-state index in [1.54, 1.807) is 6.07 Å². The van der Waals surface area contributed by atoms with E-state index in [9.17, 15) is 4.39 Å². The lowest BCUT2D eigenvalue weighted by Gasteiger charge is -2.24. The molecule has 0 aromatic heterocycles. The van der Waals surface area contributed by atoms with Crippen LogP contribution in [0.5, 0.6) is 0 Å². The Kier molecular flexibility index (Phi) is 3.27. The van der Waals surface area contributed by atoms with Crippen molar-refractivity contribution in [2.75, 3.05) is 13.1 Å². The molecule has 2 rings (SSSR count). The fourth-order valence-corrected chi connectivity index (χ4v) is 2.45. The molecule has 1 aliphatic heterocycles. The number of nitrogens with one attached hydrogen (secondary N) is 1. The molecular weight excluding hydrogens is 213 g/mol. The predicted octanol–water partition coefficient (Wildman–Crippen LogP) is 3.25. The minimum atomic E-state index is -0.257. The summed E-state index contributed by atoms with van der Waals surface area (Å²) in [6, 6.07) is 3.64. The third kappa shape index (κ3) is 2.16. The van der Waals surface area contributed by atoms with Crippen molar-refractivity contribution in [3.8, 4) is 0 Å². The first-order chi connectivity index (χ1) is 7.20. The third-order valence-corrected chi connectivity index (χ3v) is 3.45. The zero-order valence-electron chi connectivity index (χ0n) is 8.82. The lowest BCUT2D eigenvalue weighted by atomic mass is 9.87. The highest BCUT2D eigenvalue weighted by atomic mass is 35.5. The van der Waals surface area contributed by atoms with E-state index in [1.165, 1.54) is 0 Å². The van der Waals surface area contributed by atoms with Crippen LogP contribution < -0.4 is 5.32 Å². The molecule has 0 bridgehead atoms. The van der Waals surface area contributed by atoms with Gasteiger partial charge in [0.2, 0.25) is 0 Å². The molecule has 0 saturated carbocycles. The number of hydrogen-bond donors (Lipinski definition) is 1. The Labute approximate surface area is 94.6 Å². The van der Waals surface area contributed by atoms with Gasteiger partial charge < -0.3 is 5.32 Å². The molecule has 1 nitrogen and oxygen atoms in total. The Balaban J connectivity index is 2.31. The van der Waals surface area contributed by atoms with Crippen molar-refractivity contribution < 1.29 is 4.39 Å². The van der Waals surface area contributed by atoms with E-state index in [0.717, 1.165) is 37.1 Å². The Morgan fingerprint density at radius 3 is 2.67 bits per heavy atom. The van der Waals surface area contributed by atoms with Crippen molar-refractivity contribution in [1.29, 1.82) is 0 Å². The standard InChI is InChI=1S/C12H15ClFN/c1-8-10(2-3-11(13)12(8)14)9-4-6-15-7-5-9/h2-3,9,15H,4-7H2,1H3. The molecule has 1 aromatic carbocycles. The van der Waals surface area contributed by atoms with Gasteiger partial charge >= 0.3 is 0 Å². The van der Waals surface area contributed by atoms with Crippen molar-refractivity contribution in [2.24, 2.45) is 0 Å². The van der Waals surface area contributed by atoms with Crippen LogP contribution in [0.4, 0.5) is 4.39 Å². The normalized spacial score (nSPS) is 18.1. The molecule has 82 valence electrons. The topological polar surface area (TPSA) is 12.0 Å². The minimum Gasteiger partial charge on any atom is -0.317 e. The molecule has 0 unspecified atom stereocenters. The molecule has 1 aromatic rings. The van der Waals surface area contributed by atoms with Crippen LogP contribution in [-0.4, -0.2) is 13.1 Å². The molecule has 0 spiro atoms. The van der Waals surface area contributed by atoms with E-state index >= 15 is 0 Å². The maximum atomic E-state index is 13.6. The van der Waals surface area contributed by atoms with Crippen LogP contribution in [0.2, 0.25) is 5.02 Å². The molecule has 1 fully saturated rings. The van der Waals surface area contributed by atoms with Crippen molar-refractivity contribution in [2.45, 2.75) is 25.7 Å². The van der Waals surface area contributed by atoms with Gasteiger partial charge in [0.15, 0.2) is 0 Å². The van der Waals surface area contributed by atoms with Gasteiger partial charge in [0, 0.05) is 0 Å². The van der Waals surface area contributed by atoms with Gasteiger partial charge in [-0.3, -0.25) is 0 Å². The van der Waals surface area contributed by atoms with Gasteiger partial charge in [-0.15, -0.1) is 0 Å². The van der Waals surface area contributed by atoms with Gasteiger partial charge in [0.25, 0.3) is 0 Å². The predicted molar refractivity (Wildman–Crippen MR) is 61.0 cm³/mol. The first-order valence-corrected chi connectivity index (χ1v) is 5.73. The van der Waals surface area contributed by atoms with Crippen molar-refractivity contribution in [3.63, 3.8) is 0 Å². The summed E-state index contributed by atoms with van der Waals surface area (Å²) >= 11 is 5.74. The second-order valence-corrected chi connectivity index (χ2v) is 4.51. The third-order valence-electron chi connectivity index (χ3n) is 3.16. The molecule has 1 N–H and O–H groups in total. The molecular formula is C12H15ClFN. The summed E-state index contributed by atoms with van der Waals surface area (Å²) in [5, 5.41) is 3.54. The van der Waals surface area contributed by atoms with Crippen LogP contribution >= 0.6 is 11.6 Å². The van der Waals surface area contributed by atoms with Crippen LogP contribution in [-0.2, 0) is 0 Å². The number of rotatable bonds is 1. The van der Waals surface area contributed by atoms with Gasteiger partial charge in [-0.05, 0) is 56.0 Å². The van der Waals surface area contributed by atoms with Crippen LogP contribution in [0.1, 0.15) is 29.9 Å². The molecule has 1 heterocycles. The average Bonchev–Trinajstić information content (AvgIpc) is 2.27. The summed E-state index contributed by atoms with van der Waals surface area (Å²) in [5.74, 6) is 0.228. The van der Waals surface area contributed by atoms with E-state index in [4.69, 9.17) is 11.6 Å². The van der Waals surface area contributed by atoms with Crippen molar-refractivity contribution >= 4 is 11.6 Å². The summed E-state index contributed by atoms with van der Waals surface area (Å²) in [4.78, 5) is 0. The highest BCUT2D eigenvalue weighted by molar-refractivity contribution is 6.30. The molecule has 0 amide bonds. The summed E-state index contributed by atoms with van der Waals surface area (Å²) in [6.45, 7) is 3.86. The zero-order chi connectivity index (χ0) is 10.8. The van der Waals surface area contributed by atoms with Crippen LogP contribution in [0.15, 0.2) is 12.1 Å². The smallest absolute Gasteiger partial charge is 0.144 e. The molecule has 0 radical (unpaired) electrons. The van der Waals surface area contributed by atoms with Gasteiger partial charge in [0.05, 0.1) is 5.02 Å². The second kappa shape index (κ2) is 4.50. The average molecular weight is 228 g/mol. The van der Waals surface area contributed by atoms with Gasteiger partial charge in [-0.2, -0.15) is 0 Å². The van der Waals surface area contributed by atoms with E-state index in [2.05, 4.69) is 5.32 Å². The fraction of sp³-hybridized carbons (Fsp3) is 0.500. The summed E-state index contributed by atoms with van der Waals surface area (Å²) < 4.78 is 13.6. The Bertz CT molecular complexity index is 359. The van der Waals surface area contributed by atoms with Gasteiger partial charge in [0.1, 0.15) is 5.82 Å². The quantitative estimate of drug-likeness (QED) is 0.777. The van der Waals surface area contributed by atoms with Crippen LogP contribution in [0.3, 0.4) is 0 Å². The summed E-state index contributed by atoms with van der Waals surface area (Å²) in [7, 11) is 0. The second-order valence-electron chi connectivity index (χ2n) is 4.10. The van der Waals surface area contributed by atoms with E-state index in [-0.39, 0.29) is 10.8 Å². The van der Waals surface area contributed by atoms with Gasteiger partial charge in [-0.25, -0.2) is 4.39 Å². The highest BCUT2D eigenvalue weighted by Crippen LogP contribution is 2.31. The fourth-order valence-electron chi connectivity index (χ4n) is 2.24. The number of hydrogen-bond acceptors (Lipinski definition) is 1. The lowest BCUT2D eigenvalue weighted by molar-refractivity contribution is 0.456. The van der Waals surface area contributed by atoms with Crippen molar-refractivity contribution in [3.05, 3.63) is 34.1 Å². The largest absolute Gasteiger partial charge is 0.317 e. The van der Waals surface area contributed by atoms with Crippen molar-refractivity contribution in [1.82, 2.24) is 5.32 Å². The Morgan fingerprint density at radius 1 is 1.33 bits per heavy atom. The van der Waals surface area contributed by atoms with E-state index in [1.807, 2.05) is 13.0 Å². The lowest BCUT2D eigenvalue weighted by Crippen LogP contribution is -2.27. The SMILES string of the molecule is Cc1c(C2CCNCC2)ccc(Cl)c1F. The maximum Gasteiger partial charge on any atom is 0.144 e. The first kappa shape index (κ1) is 10.9. The van der Waals surface area contributed by atoms with Crippen LogP contribution in [0.25, 0.3) is 0 Å². The molecule has 15 heavy (non-hydrogen) atoms. The summed E-state index contributed by atoms with van der Waals surface area (Å²) in [6.07, 6.45) is 2.17. The van der Waals surface area contributed by atoms with Gasteiger partial charge in [-0.1, -0.05) is 17.7 Å². The monoisotopic (exact) mass is 227 g/mol. The highest BCUT2D eigenvalue weighted by Gasteiger charge is 2.19. The number of piperidine rings is 1. The summed E-state index contributed by atoms with van der Waals surface area (Å²) in [5.41, 5.74) is 1.84. The minimum absolute atomic E-state index is 0.227. The molecule has 1 aliphatic rings. The molecule has 3 heteroatoms. The van der Waals surface area contributed by atoms with Crippen LogP contribution in [0, 0.1) is 12.7 Å². The van der Waals surface area contributed by atoms with E-state index in [0.29, 0.717) is 5.92 Å².